The molecule has 7 aromatic rings. The van der Waals surface area contributed by atoms with Crippen LogP contribution in [0.4, 0.5) is 0 Å². The molecule has 2 heterocycles. The van der Waals surface area contributed by atoms with Gasteiger partial charge in [0, 0.05) is 34.8 Å². The zero-order valence-electron chi connectivity index (χ0n) is 21.6. The topological polar surface area (TPSA) is 70.9 Å². The quantitative estimate of drug-likeness (QED) is 0.204. The van der Waals surface area contributed by atoms with Crippen molar-refractivity contribution < 1.29 is 14.5 Å². The highest BCUT2D eigenvalue weighted by molar-refractivity contribution is 6.62. The Hall–Kier alpha value is -4.65. The van der Waals surface area contributed by atoms with E-state index in [0.717, 1.165) is 38.6 Å². The summed E-state index contributed by atoms with van der Waals surface area (Å²) in [4.78, 5) is 4.33. The van der Waals surface area contributed by atoms with Gasteiger partial charge in [-0.05, 0) is 64.6 Å². The number of allylic oxidation sites excluding steroid dienone is 2. The lowest BCUT2D eigenvalue weighted by Gasteiger charge is -2.09. The maximum Gasteiger partial charge on any atom is 0.489 e. The highest BCUT2D eigenvalue weighted by Crippen LogP contribution is 2.39. The van der Waals surface area contributed by atoms with Gasteiger partial charge in [0.15, 0.2) is 0 Å². The molecule has 0 aliphatic rings. The molecule has 6 heteroatoms. The first-order valence-corrected chi connectivity index (χ1v) is 13.0. The molecular formula is C33H25BN2O3. The van der Waals surface area contributed by atoms with Gasteiger partial charge in [0.2, 0.25) is 0 Å². The lowest BCUT2D eigenvalue weighted by atomic mass is 9.77. The van der Waals surface area contributed by atoms with Crippen molar-refractivity contribution in [3.63, 3.8) is 0 Å². The third-order valence-corrected chi connectivity index (χ3v) is 7.61. The number of aliphatic imine (C=N–C) groups is 1. The van der Waals surface area contributed by atoms with Crippen LogP contribution in [0.25, 0.3) is 71.3 Å². The summed E-state index contributed by atoms with van der Waals surface area (Å²) in [6.07, 6.45) is 3.98. The molecule has 2 N–H and O–H groups in total. The Morgan fingerprint density at radius 3 is 2.41 bits per heavy atom. The molecule has 0 spiro atoms. The third kappa shape index (κ3) is 3.53. The normalized spacial score (nSPS) is 12.7. The molecule has 188 valence electrons. The largest absolute Gasteiger partial charge is 0.489 e. The molecule has 2 aromatic heterocycles. The van der Waals surface area contributed by atoms with Crippen LogP contribution in [0.2, 0.25) is 0 Å². The Kier molecular flexibility index (Phi) is 5.40. The fourth-order valence-corrected chi connectivity index (χ4v) is 5.89. The van der Waals surface area contributed by atoms with Gasteiger partial charge >= 0.3 is 7.12 Å². The highest BCUT2D eigenvalue weighted by atomic mass is 16.4. The van der Waals surface area contributed by atoms with E-state index in [1.54, 1.807) is 19.2 Å². The molecule has 0 aliphatic heterocycles. The van der Waals surface area contributed by atoms with Gasteiger partial charge in [0.05, 0.1) is 16.7 Å². The summed E-state index contributed by atoms with van der Waals surface area (Å²) >= 11 is 0. The predicted molar refractivity (Wildman–Crippen MR) is 164 cm³/mol. The van der Waals surface area contributed by atoms with Crippen molar-refractivity contribution >= 4 is 79.0 Å². The van der Waals surface area contributed by atoms with Gasteiger partial charge in [-0.1, -0.05) is 66.7 Å². The summed E-state index contributed by atoms with van der Waals surface area (Å²) in [6, 6.07) is 30.9. The number of nitrogens with zero attached hydrogens (tertiary/aromatic N) is 2. The molecule has 7 rings (SSSR count). The van der Waals surface area contributed by atoms with Crippen LogP contribution in [0.15, 0.2) is 106 Å². The van der Waals surface area contributed by atoms with E-state index in [2.05, 4.69) is 76.3 Å². The van der Waals surface area contributed by atoms with Crippen molar-refractivity contribution in [1.82, 2.24) is 4.57 Å². The zero-order valence-corrected chi connectivity index (χ0v) is 21.6. The monoisotopic (exact) mass is 508 g/mol. The number of hydrogen-bond acceptors (Lipinski definition) is 4. The van der Waals surface area contributed by atoms with Crippen LogP contribution < -0.4 is 5.46 Å². The molecule has 5 aromatic carbocycles. The SMILES string of the molecule is C/C=C(\C=NC)n1c2cc(-c3ccc4oc5cccc(B(O)O)c5c4c3)ccc2c2c3ccccc3ccc21. The Balaban J connectivity index is 1.53. The van der Waals surface area contributed by atoms with E-state index in [-0.39, 0.29) is 0 Å². The van der Waals surface area contributed by atoms with Gasteiger partial charge in [-0.15, -0.1) is 0 Å². The zero-order chi connectivity index (χ0) is 26.7. The Morgan fingerprint density at radius 1 is 0.769 bits per heavy atom. The van der Waals surface area contributed by atoms with E-state index >= 15 is 0 Å². The minimum Gasteiger partial charge on any atom is -0.456 e. The van der Waals surface area contributed by atoms with Crippen molar-refractivity contribution in [3.05, 3.63) is 97.1 Å². The maximum absolute atomic E-state index is 9.99. The summed E-state index contributed by atoms with van der Waals surface area (Å²) in [7, 11) is 0.208. The molecule has 0 saturated carbocycles. The molecule has 0 bridgehead atoms. The van der Waals surface area contributed by atoms with Crippen LogP contribution in [0.3, 0.4) is 0 Å². The van der Waals surface area contributed by atoms with Crippen molar-refractivity contribution in [2.45, 2.75) is 6.92 Å². The lowest BCUT2D eigenvalue weighted by Crippen LogP contribution is -2.30. The van der Waals surface area contributed by atoms with Crippen LogP contribution in [0.5, 0.6) is 0 Å². The Morgan fingerprint density at radius 2 is 1.59 bits per heavy atom. The Labute approximate surface area is 225 Å². The average Bonchev–Trinajstić information content (AvgIpc) is 3.50. The van der Waals surface area contributed by atoms with E-state index < -0.39 is 7.12 Å². The van der Waals surface area contributed by atoms with Crippen LogP contribution >= 0.6 is 0 Å². The number of furan rings is 1. The molecule has 0 unspecified atom stereocenters. The van der Waals surface area contributed by atoms with Gasteiger partial charge in [-0.25, -0.2) is 0 Å². The summed E-state index contributed by atoms with van der Waals surface area (Å²) < 4.78 is 8.31. The first-order chi connectivity index (χ1) is 19.1. The fourth-order valence-electron chi connectivity index (χ4n) is 5.89. The molecule has 0 aliphatic carbocycles. The molecule has 0 amide bonds. The van der Waals surface area contributed by atoms with Crippen LogP contribution in [-0.4, -0.2) is 35.0 Å². The van der Waals surface area contributed by atoms with E-state index in [0.29, 0.717) is 16.6 Å². The first-order valence-electron chi connectivity index (χ1n) is 13.0. The van der Waals surface area contributed by atoms with E-state index in [1.165, 1.54) is 21.5 Å². The first kappa shape index (κ1) is 23.5. The summed E-state index contributed by atoms with van der Waals surface area (Å²) in [5, 5.41) is 26.4. The molecule has 0 atom stereocenters. The van der Waals surface area contributed by atoms with E-state index in [4.69, 9.17) is 4.42 Å². The molecule has 39 heavy (non-hydrogen) atoms. The maximum atomic E-state index is 9.99. The summed E-state index contributed by atoms with van der Waals surface area (Å²) in [5.74, 6) is 0. The molecule has 0 radical (unpaired) electrons. The fraction of sp³-hybridized carbons (Fsp3) is 0.0606. The van der Waals surface area contributed by atoms with Crippen molar-refractivity contribution in [2.24, 2.45) is 4.99 Å². The van der Waals surface area contributed by atoms with E-state index in [9.17, 15) is 10.0 Å². The second-order valence-electron chi connectivity index (χ2n) is 9.76. The number of aromatic nitrogens is 1. The second-order valence-corrected chi connectivity index (χ2v) is 9.76. The third-order valence-electron chi connectivity index (χ3n) is 7.61. The number of hydrogen-bond donors (Lipinski definition) is 2. The van der Waals surface area contributed by atoms with Gasteiger partial charge in [0.25, 0.3) is 0 Å². The van der Waals surface area contributed by atoms with Crippen LogP contribution in [0.1, 0.15) is 6.92 Å². The molecule has 0 fully saturated rings. The summed E-state index contributed by atoms with van der Waals surface area (Å²) in [5.41, 5.74) is 7.07. The van der Waals surface area contributed by atoms with Gasteiger partial charge < -0.3 is 19.0 Å². The molecule has 0 saturated heterocycles. The van der Waals surface area contributed by atoms with Gasteiger partial charge in [0.1, 0.15) is 11.2 Å². The van der Waals surface area contributed by atoms with Crippen molar-refractivity contribution in [1.29, 1.82) is 0 Å². The number of rotatable bonds is 4. The highest BCUT2D eigenvalue weighted by Gasteiger charge is 2.20. The Bertz CT molecular complexity index is 2130. The van der Waals surface area contributed by atoms with E-state index in [1.807, 2.05) is 31.3 Å². The average molecular weight is 508 g/mol. The number of benzene rings is 5. The van der Waals surface area contributed by atoms with Crippen molar-refractivity contribution in [2.75, 3.05) is 7.05 Å². The second kappa shape index (κ2) is 8.98. The van der Waals surface area contributed by atoms with Crippen molar-refractivity contribution in [3.8, 4) is 11.1 Å². The number of fused-ring (bicyclic) bond motifs is 8. The van der Waals surface area contributed by atoms with Crippen LogP contribution in [0, 0.1) is 0 Å². The molecule has 5 nitrogen and oxygen atoms in total. The predicted octanol–water partition coefficient (Wildman–Crippen LogP) is 6.76. The lowest BCUT2D eigenvalue weighted by molar-refractivity contribution is 0.426. The minimum absolute atomic E-state index is 0.433. The smallest absolute Gasteiger partial charge is 0.456 e. The summed E-state index contributed by atoms with van der Waals surface area (Å²) in [6.45, 7) is 2.03. The molecular weight excluding hydrogens is 483 g/mol. The minimum atomic E-state index is -1.58. The van der Waals surface area contributed by atoms with Gasteiger partial charge in [-0.2, -0.15) is 0 Å². The van der Waals surface area contributed by atoms with Gasteiger partial charge in [-0.3, -0.25) is 4.99 Å². The van der Waals surface area contributed by atoms with Crippen LogP contribution in [-0.2, 0) is 0 Å². The standard InChI is InChI=1S/C33H25BN2O3/c1-3-23(19-35-2)36-28-15-12-20-7-4-5-8-24(20)32(28)25-14-11-22(18-29(25)36)21-13-16-30-26(17-21)33-27(34(37)38)9-6-10-31(33)39-30/h3-19,37-38H,1-2H3/b23-3+,35-19?.